The van der Waals surface area contributed by atoms with E-state index in [1.54, 1.807) is 6.07 Å². The summed E-state index contributed by atoms with van der Waals surface area (Å²) in [6, 6.07) is 3.55. The van der Waals surface area contributed by atoms with Gasteiger partial charge < -0.3 is 15.9 Å². The molecule has 1 rings (SSSR count). The predicted octanol–water partition coefficient (Wildman–Crippen LogP) is 0.699. The van der Waals surface area contributed by atoms with Crippen LogP contribution in [-0.4, -0.2) is 16.3 Å². The predicted molar refractivity (Wildman–Crippen MR) is 50.9 cm³/mol. The highest BCUT2D eigenvalue weighted by molar-refractivity contribution is 5.26. The lowest BCUT2D eigenvalue weighted by Crippen LogP contribution is -2.24. The van der Waals surface area contributed by atoms with Crippen molar-refractivity contribution >= 4 is 0 Å². The fourth-order valence-electron chi connectivity index (χ4n) is 1.20. The van der Waals surface area contributed by atoms with Crippen LogP contribution in [0.15, 0.2) is 18.2 Å². The molecule has 1 aromatic rings. The van der Waals surface area contributed by atoms with Crippen molar-refractivity contribution in [1.82, 2.24) is 0 Å². The zero-order valence-corrected chi connectivity index (χ0v) is 7.94. The molecule has 4 heteroatoms. The molecule has 4 N–H and O–H groups in total. The second kappa shape index (κ2) is 4.50. The number of aliphatic hydroxyl groups is 2. The molecule has 1 aromatic carbocycles. The van der Waals surface area contributed by atoms with E-state index in [1.807, 2.05) is 0 Å². The quantitative estimate of drug-likeness (QED) is 0.671. The standard InChI is InChI=1S/C10H14FNO2/c1-6(14)10(12)8-3-2-7(5-13)4-9(8)11/h2-4,6,10,13-14H,5,12H2,1H3/t6-,10+/m0/s1. The number of aliphatic hydroxyl groups excluding tert-OH is 2. The Bertz CT molecular complexity index is 315. The molecule has 0 heterocycles. The fraction of sp³-hybridized carbons (Fsp3) is 0.400. The number of hydrogen-bond donors (Lipinski definition) is 3. The molecule has 0 aliphatic carbocycles. The van der Waals surface area contributed by atoms with Crippen LogP contribution in [0.2, 0.25) is 0 Å². The van der Waals surface area contributed by atoms with Crippen LogP contribution in [0.1, 0.15) is 24.1 Å². The van der Waals surface area contributed by atoms with Crippen molar-refractivity contribution in [2.24, 2.45) is 5.73 Å². The van der Waals surface area contributed by atoms with Gasteiger partial charge in [0.15, 0.2) is 0 Å². The third kappa shape index (κ3) is 2.29. The van der Waals surface area contributed by atoms with Crippen molar-refractivity contribution in [3.63, 3.8) is 0 Å². The van der Waals surface area contributed by atoms with Crippen LogP contribution in [0.25, 0.3) is 0 Å². The van der Waals surface area contributed by atoms with Gasteiger partial charge in [0.05, 0.1) is 18.8 Å². The van der Waals surface area contributed by atoms with Gasteiger partial charge in [-0.3, -0.25) is 0 Å². The maximum atomic E-state index is 13.3. The van der Waals surface area contributed by atoms with Crippen LogP contribution >= 0.6 is 0 Å². The second-order valence-electron chi connectivity index (χ2n) is 3.28. The molecule has 0 aromatic heterocycles. The van der Waals surface area contributed by atoms with Gasteiger partial charge in [-0.2, -0.15) is 0 Å². The number of hydrogen-bond acceptors (Lipinski definition) is 3. The van der Waals surface area contributed by atoms with Crippen LogP contribution in [0.5, 0.6) is 0 Å². The Morgan fingerprint density at radius 3 is 2.57 bits per heavy atom. The van der Waals surface area contributed by atoms with Gasteiger partial charge in [0.1, 0.15) is 5.82 Å². The molecule has 0 saturated heterocycles. The number of halogens is 1. The summed E-state index contributed by atoms with van der Waals surface area (Å²) in [7, 11) is 0. The Hall–Kier alpha value is -0.970. The Labute approximate surface area is 82.0 Å². The summed E-state index contributed by atoms with van der Waals surface area (Å²) in [5.41, 5.74) is 6.33. The fourth-order valence-corrected chi connectivity index (χ4v) is 1.20. The Morgan fingerprint density at radius 2 is 2.14 bits per heavy atom. The molecule has 2 atom stereocenters. The van der Waals surface area contributed by atoms with Crippen molar-refractivity contribution in [3.8, 4) is 0 Å². The van der Waals surface area contributed by atoms with Crippen molar-refractivity contribution in [3.05, 3.63) is 35.1 Å². The summed E-state index contributed by atoms with van der Waals surface area (Å²) in [6.45, 7) is 1.30. The lowest BCUT2D eigenvalue weighted by Gasteiger charge is -2.16. The number of benzene rings is 1. The average molecular weight is 199 g/mol. The second-order valence-corrected chi connectivity index (χ2v) is 3.28. The first-order valence-electron chi connectivity index (χ1n) is 4.39. The highest BCUT2D eigenvalue weighted by Crippen LogP contribution is 2.19. The minimum Gasteiger partial charge on any atom is -0.392 e. The molecule has 3 nitrogen and oxygen atoms in total. The summed E-state index contributed by atoms with van der Waals surface area (Å²) in [4.78, 5) is 0. The first-order valence-corrected chi connectivity index (χ1v) is 4.39. The van der Waals surface area contributed by atoms with Gasteiger partial charge in [-0.1, -0.05) is 12.1 Å². The van der Waals surface area contributed by atoms with Gasteiger partial charge in [-0.25, -0.2) is 4.39 Å². The van der Waals surface area contributed by atoms with E-state index < -0.39 is 18.0 Å². The molecule has 14 heavy (non-hydrogen) atoms. The smallest absolute Gasteiger partial charge is 0.128 e. The summed E-state index contributed by atoms with van der Waals surface area (Å²) in [5, 5.41) is 17.9. The minimum absolute atomic E-state index is 0.207. The van der Waals surface area contributed by atoms with E-state index in [4.69, 9.17) is 10.8 Å². The van der Waals surface area contributed by atoms with Gasteiger partial charge in [-0.15, -0.1) is 0 Å². The Balaban J connectivity index is 2.99. The SMILES string of the molecule is C[C@H](O)[C@@H](N)c1ccc(CO)cc1F. The van der Waals surface area contributed by atoms with Crippen LogP contribution in [0, 0.1) is 5.82 Å². The summed E-state index contributed by atoms with van der Waals surface area (Å²) >= 11 is 0. The minimum atomic E-state index is -0.801. The third-order valence-electron chi connectivity index (χ3n) is 2.13. The molecular formula is C10H14FNO2. The molecule has 0 unspecified atom stereocenters. The molecule has 0 saturated carbocycles. The van der Waals surface area contributed by atoms with Gasteiger partial charge in [0, 0.05) is 5.56 Å². The first-order chi connectivity index (χ1) is 6.56. The Morgan fingerprint density at radius 1 is 1.50 bits per heavy atom. The Kier molecular flexibility index (Phi) is 3.57. The zero-order valence-electron chi connectivity index (χ0n) is 7.94. The summed E-state index contributed by atoms with van der Waals surface area (Å²) in [5.74, 6) is -0.495. The van der Waals surface area contributed by atoms with E-state index in [-0.39, 0.29) is 12.2 Å². The number of nitrogens with two attached hydrogens (primary N) is 1. The maximum absolute atomic E-state index is 13.3. The lowest BCUT2D eigenvalue weighted by atomic mass is 10.0. The van der Waals surface area contributed by atoms with E-state index in [1.165, 1.54) is 19.1 Å². The van der Waals surface area contributed by atoms with Crippen LogP contribution in [0.3, 0.4) is 0 Å². The summed E-state index contributed by atoms with van der Waals surface area (Å²) in [6.07, 6.45) is -0.801. The highest BCUT2D eigenvalue weighted by atomic mass is 19.1. The van der Waals surface area contributed by atoms with E-state index in [0.29, 0.717) is 5.56 Å². The van der Waals surface area contributed by atoms with Crippen LogP contribution in [0.4, 0.5) is 4.39 Å². The van der Waals surface area contributed by atoms with Crippen molar-refractivity contribution in [2.45, 2.75) is 25.7 Å². The van der Waals surface area contributed by atoms with Gasteiger partial charge in [-0.05, 0) is 18.6 Å². The normalized spacial score (nSPS) is 15.2. The van der Waals surface area contributed by atoms with Crippen LogP contribution in [-0.2, 0) is 6.61 Å². The molecule has 0 aliphatic rings. The largest absolute Gasteiger partial charge is 0.392 e. The van der Waals surface area contributed by atoms with Crippen molar-refractivity contribution in [2.75, 3.05) is 0 Å². The molecular weight excluding hydrogens is 185 g/mol. The monoisotopic (exact) mass is 199 g/mol. The molecule has 0 spiro atoms. The third-order valence-corrected chi connectivity index (χ3v) is 2.13. The van der Waals surface area contributed by atoms with Crippen LogP contribution < -0.4 is 5.73 Å². The van der Waals surface area contributed by atoms with Crippen molar-refractivity contribution < 1.29 is 14.6 Å². The molecule has 0 aliphatic heterocycles. The van der Waals surface area contributed by atoms with E-state index in [2.05, 4.69) is 0 Å². The molecule has 0 radical (unpaired) electrons. The van der Waals surface area contributed by atoms with Gasteiger partial charge >= 0.3 is 0 Å². The van der Waals surface area contributed by atoms with E-state index >= 15 is 0 Å². The van der Waals surface area contributed by atoms with E-state index in [9.17, 15) is 9.50 Å². The topological polar surface area (TPSA) is 66.5 Å². The molecule has 0 amide bonds. The van der Waals surface area contributed by atoms with Crippen molar-refractivity contribution in [1.29, 1.82) is 0 Å². The van der Waals surface area contributed by atoms with E-state index in [0.717, 1.165) is 0 Å². The van der Waals surface area contributed by atoms with Gasteiger partial charge in [0.25, 0.3) is 0 Å². The summed E-state index contributed by atoms with van der Waals surface area (Å²) < 4.78 is 13.3. The first kappa shape index (κ1) is 11.1. The highest BCUT2D eigenvalue weighted by Gasteiger charge is 2.16. The molecule has 0 fully saturated rings. The maximum Gasteiger partial charge on any atom is 0.128 e. The molecule has 78 valence electrons. The molecule has 0 bridgehead atoms. The zero-order chi connectivity index (χ0) is 10.7. The lowest BCUT2D eigenvalue weighted by molar-refractivity contribution is 0.162. The number of rotatable bonds is 3. The van der Waals surface area contributed by atoms with Gasteiger partial charge in [0.2, 0.25) is 0 Å². The average Bonchev–Trinajstić information content (AvgIpc) is 2.16.